The molecule has 166 valence electrons. The highest BCUT2D eigenvalue weighted by molar-refractivity contribution is 5.84. The minimum absolute atomic E-state index is 0.216. The maximum absolute atomic E-state index is 5.89. The molecule has 1 aliphatic heterocycles. The zero-order valence-corrected chi connectivity index (χ0v) is 18.7. The Labute approximate surface area is 183 Å². The van der Waals surface area contributed by atoms with Crippen LogP contribution in [0.4, 0.5) is 0 Å². The Bertz CT molecular complexity index is 1020. The van der Waals surface area contributed by atoms with Crippen LogP contribution in [-0.2, 0) is 9.47 Å². The fourth-order valence-corrected chi connectivity index (χ4v) is 5.26. The van der Waals surface area contributed by atoms with Gasteiger partial charge in [-0.05, 0) is 70.6 Å². The molecule has 1 aliphatic carbocycles. The number of benzene rings is 1. The molecule has 1 saturated carbocycles. The van der Waals surface area contributed by atoms with Crippen LogP contribution in [-0.4, -0.2) is 40.8 Å². The summed E-state index contributed by atoms with van der Waals surface area (Å²) >= 11 is 0. The van der Waals surface area contributed by atoms with Crippen LogP contribution in [0.25, 0.3) is 22.2 Å². The molecule has 0 unspecified atom stereocenters. The molecular weight excluding hydrogens is 392 g/mol. The van der Waals surface area contributed by atoms with Crippen LogP contribution in [0, 0.1) is 13.8 Å². The molecular formula is C24H32N4O3. The highest BCUT2D eigenvalue weighted by atomic mass is 16.5. The lowest BCUT2D eigenvalue weighted by Crippen LogP contribution is -2.34. The molecule has 0 spiro atoms. The van der Waals surface area contributed by atoms with Crippen LogP contribution in [0.15, 0.2) is 22.7 Å². The lowest BCUT2D eigenvalue weighted by molar-refractivity contribution is 0.0262. The van der Waals surface area contributed by atoms with Gasteiger partial charge in [0.25, 0.3) is 0 Å². The van der Waals surface area contributed by atoms with Gasteiger partial charge in [0.1, 0.15) is 11.6 Å². The van der Waals surface area contributed by atoms with Gasteiger partial charge in [-0.15, -0.1) is 0 Å². The van der Waals surface area contributed by atoms with Crippen molar-refractivity contribution in [1.29, 1.82) is 0 Å². The monoisotopic (exact) mass is 424 g/mol. The Kier molecular flexibility index (Phi) is 5.82. The van der Waals surface area contributed by atoms with Crippen molar-refractivity contribution in [3.8, 4) is 11.1 Å². The number of fused-ring (bicyclic) bond motifs is 1. The largest absolute Gasteiger partial charge is 0.379 e. The zero-order valence-electron chi connectivity index (χ0n) is 18.7. The minimum atomic E-state index is 0.216. The molecule has 31 heavy (non-hydrogen) atoms. The van der Waals surface area contributed by atoms with E-state index in [1.54, 1.807) is 0 Å². The number of rotatable bonds is 5. The molecule has 0 amide bonds. The van der Waals surface area contributed by atoms with Crippen LogP contribution >= 0.6 is 0 Å². The van der Waals surface area contributed by atoms with E-state index in [2.05, 4.69) is 40.2 Å². The molecule has 7 nitrogen and oxygen atoms in total. The first-order valence-electron chi connectivity index (χ1n) is 11.5. The van der Waals surface area contributed by atoms with E-state index in [0.717, 1.165) is 79.2 Å². The van der Waals surface area contributed by atoms with Crippen LogP contribution in [0.1, 0.15) is 68.4 Å². The Hall–Kier alpha value is -2.22. The lowest BCUT2D eigenvalue weighted by atomic mass is 9.92. The quantitative estimate of drug-likeness (QED) is 0.632. The maximum atomic E-state index is 5.89. The third-order valence-corrected chi connectivity index (χ3v) is 6.74. The highest BCUT2D eigenvalue weighted by Crippen LogP contribution is 2.38. The molecule has 2 fully saturated rings. The van der Waals surface area contributed by atoms with E-state index in [1.807, 2.05) is 13.8 Å². The average molecular weight is 425 g/mol. The number of imidazole rings is 1. The number of hydrogen-bond acceptors (Lipinski definition) is 6. The van der Waals surface area contributed by atoms with Crippen LogP contribution in [0.3, 0.4) is 0 Å². The highest BCUT2D eigenvalue weighted by Gasteiger charge is 2.29. The van der Waals surface area contributed by atoms with E-state index < -0.39 is 0 Å². The molecule has 1 atom stereocenters. The first-order chi connectivity index (χ1) is 15.2. The Balaban J connectivity index is 1.55. The number of nitrogens with zero attached hydrogens (tertiary/aromatic N) is 3. The normalized spacial score (nSPS) is 24.7. The van der Waals surface area contributed by atoms with Crippen molar-refractivity contribution >= 4 is 11.0 Å². The maximum Gasteiger partial charge on any atom is 0.141 e. The van der Waals surface area contributed by atoms with Gasteiger partial charge in [-0.25, -0.2) is 4.98 Å². The summed E-state index contributed by atoms with van der Waals surface area (Å²) in [6.45, 7) is 8.18. The third kappa shape index (κ3) is 3.90. The summed E-state index contributed by atoms with van der Waals surface area (Å²) in [5.74, 6) is 1.98. The first kappa shape index (κ1) is 20.7. The molecule has 0 bridgehead atoms. The summed E-state index contributed by atoms with van der Waals surface area (Å²) in [6.07, 6.45) is 5.79. The zero-order chi connectivity index (χ0) is 21.4. The topological polar surface area (TPSA) is 74.3 Å². The van der Waals surface area contributed by atoms with Gasteiger partial charge in [-0.3, -0.25) is 5.32 Å². The summed E-state index contributed by atoms with van der Waals surface area (Å²) < 4.78 is 19.3. The SMILES string of the molecule is CCO[C@H]1CC[C@H](n2c([C@@H]3CCOCN3)nc3cc(-c4c(C)noc4C)ccc32)CC1. The molecule has 5 rings (SSSR count). The van der Waals surface area contributed by atoms with E-state index in [1.165, 1.54) is 5.52 Å². The minimum Gasteiger partial charge on any atom is -0.379 e. The van der Waals surface area contributed by atoms with Crippen molar-refractivity contribution in [1.82, 2.24) is 20.0 Å². The molecule has 0 radical (unpaired) electrons. The average Bonchev–Trinajstić information content (AvgIpc) is 3.34. The Morgan fingerprint density at radius 2 is 2.00 bits per heavy atom. The molecule has 2 aromatic heterocycles. The van der Waals surface area contributed by atoms with Crippen LogP contribution in [0.5, 0.6) is 0 Å². The second-order valence-electron chi connectivity index (χ2n) is 8.73. The fraction of sp³-hybridized carbons (Fsp3) is 0.583. The van der Waals surface area contributed by atoms with Crippen molar-refractivity contribution in [2.75, 3.05) is 19.9 Å². The van der Waals surface area contributed by atoms with Crippen molar-refractivity contribution in [3.63, 3.8) is 0 Å². The predicted molar refractivity (Wildman–Crippen MR) is 119 cm³/mol. The van der Waals surface area contributed by atoms with Gasteiger partial charge in [0.05, 0.1) is 42.2 Å². The van der Waals surface area contributed by atoms with Crippen molar-refractivity contribution in [2.45, 2.75) is 71.1 Å². The number of aromatic nitrogens is 3. The third-order valence-electron chi connectivity index (χ3n) is 6.74. The fourth-order valence-electron chi connectivity index (χ4n) is 5.26. The summed E-state index contributed by atoms with van der Waals surface area (Å²) in [4.78, 5) is 5.16. The number of aryl methyl sites for hydroxylation is 2. The van der Waals surface area contributed by atoms with Gasteiger partial charge in [-0.1, -0.05) is 11.2 Å². The summed E-state index contributed by atoms with van der Waals surface area (Å²) in [5.41, 5.74) is 5.34. The van der Waals surface area contributed by atoms with Crippen molar-refractivity contribution < 1.29 is 14.0 Å². The molecule has 7 heteroatoms. The van der Waals surface area contributed by atoms with Gasteiger partial charge in [-0.2, -0.15) is 0 Å². The van der Waals surface area contributed by atoms with Crippen LogP contribution < -0.4 is 5.32 Å². The second kappa shape index (κ2) is 8.73. The van der Waals surface area contributed by atoms with E-state index in [-0.39, 0.29) is 6.04 Å². The van der Waals surface area contributed by atoms with E-state index in [0.29, 0.717) is 18.9 Å². The molecule has 3 aromatic rings. The standard InChI is InChI=1S/C24H32N4O3/c1-4-30-19-8-6-18(7-9-19)28-22-10-5-17(23-15(2)27-31-16(23)3)13-21(22)26-24(28)20-11-12-29-14-25-20/h5,10,13,18-20,25H,4,6-9,11-12,14H2,1-3H3/t18-,19-,20-/m0/s1. The van der Waals surface area contributed by atoms with Crippen molar-refractivity contribution in [3.05, 3.63) is 35.5 Å². The number of ether oxygens (including phenoxy) is 2. The van der Waals surface area contributed by atoms with Gasteiger partial charge < -0.3 is 18.6 Å². The number of nitrogens with one attached hydrogen (secondary N) is 1. The van der Waals surface area contributed by atoms with Gasteiger partial charge in [0.15, 0.2) is 0 Å². The van der Waals surface area contributed by atoms with Crippen molar-refractivity contribution in [2.24, 2.45) is 0 Å². The smallest absolute Gasteiger partial charge is 0.141 e. The molecule has 1 N–H and O–H groups in total. The summed E-state index contributed by atoms with van der Waals surface area (Å²) in [5, 5.41) is 7.64. The molecule has 1 aromatic carbocycles. The summed E-state index contributed by atoms with van der Waals surface area (Å²) in [7, 11) is 0. The van der Waals surface area contributed by atoms with Gasteiger partial charge >= 0.3 is 0 Å². The van der Waals surface area contributed by atoms with E-state index >= 15 is 0 Å². The second-order valence-corrected chi connectivity index (χ2v) is 8.73. The summed E-state index contributed by atoms with van der Waals surface area (Å²) in [6, 6.07) is 7.26. The first-order valence-corrected chi connectivity index (χ1v) is 11.5. The van der Waals surface area contributed by atoms with E-state index in [4.69, 9.17) is 19.0 Å². The van der Waals surface area contributed by atoms with E-state index in [9.17, 15) is 0 Å². The van der Waals surface area contributed by atoms with Gasteiger partial charge in [0, 0.05) is 18.2 Å². The van der Waals surface area contributed by atoms with Gasteiger partial charge in [0.2, 0.25) is 0 Å². The molecule has 2 aliphatic rings. The lowest BCUT2D eigenvalue weighted by Gasteiger charge is -2.32. The Morgan fingerprint density at radius 1 is 1.16 bits per heavy atom. The molecule has 1 saturated heterocycles. The molecule has 3 heterocycles. The Morgan fingerprint density at radius 3 is 2.68 bits per heavy atom. The van der Waals surface area contributed by atoms with Crippen LogP contribution in [0.2, 0.25) is 0 Å². The number of hydrogen-bond donors (Lipinski definition) is 1. The predicted octanol–water partition coefficient (Wildman–Crippen LogP) is 4.84.